The van der Waals surface area contributed by atoms with Gasteiger partial charge in [0.05, 0.1) is 0 Å². The minimum atomic E-state index is -1.59. The van der Waals surface area contributed by atoms with Crippen molar-refractivity contribution in [1.82, 2.24) is 10.3 Å². The number of ether oxygens (including phenoxy) is 1. The van der Waals surface area contributed by atoms with E-state index in [-0.39, 0.29) is 35.0 Å². The molecule has 1 aromatic heterocycles. The second-order valence-electron chi connectivity index (χ2n) is 5.55. The molecule has 0 saturated heterocycles. The third kappa shape index (κ3) is 3.82. The van der Waals surface area contributed by atoms with Gasteiger partial charge in [-0.2, -0.15) is 0 Å². The van der Waals surface area contributed by atoms with E-state index in [1.54, 1.807) is 6.07 Å². The Hall–Kier alpha value is -4.01. The first kappa shape index (κ1) is 17.8. The summed E-state index contributed by atoms with van der Waals surface area (Å²) in [6.07, 6.45) is -1.59. The highest BCUT2D eigenvalue weighted by Crippen LogP contribution is 2.33. The molecule has 0 aliphatic rings. The Morgan fingerprint density at radius 2 is 1.74 bits per heavy atom. The Kier molecular flexibility index (Phi) is 4.67. The Balaban J connectivity index is 1.82. The third-order valence-electron chi connectivity index (χ3n) is 3.72. The van der Waals surface area contributed by atoms with Crippen LogP contribution in [-0.2, 0) is 6.54 Å². The highest BCUT2D eigenvalue weighted by atomic mass is 16.7. The molecule has 9 heteroatoms. The predicted molar refractivity (Wildman–Crippen MR) is 93.0 cm³/mol. The third-order valence-corrected chi connectivity index (χ3v) is 3.72. The largest absolute Gasteiger partial charge is 0.511 e. The SMILES string of the molecule is O=C(O)Oc1ccc2ccc(C(=O)NCc3ccc(O)c(O)c3)nc2c1O. The maximum Gasteiger partial charge on any atom is 0.511 e. The molecule has 27 heavy (non-hydrogen) atoms. The summed E-state index contributed by atoms with van der Waals surface area (Å²) >= 11 is 0. The second-order valence-corrected chi connectivity index (χ2v) is 5.55. The van der Waals surface area contributed by atoms with Crippen molar-refractivity contribution < 1.29 is 34.8 Å². The number of amides is 1. The molecule has 138 valence electrons. The Morgan fingerprint density at radius 3 is 2.44 bits per heavy atom. The lowest BCUT2D eigenvalue weighted by molar-refractivity contribution is 0.0946. The molecule has 0 aliphatic heterocycles. The molecule has 1 amide bonds. The Morgan fingerprint density at radius 1 is 1.00 bits per heavy atom. The van der Waals surface area contributed by atoms with Crippen LogP contribution in [0.25, 0.3) is 10.9 Å². The van der Waals surface area contributed by atoms with Crippen LogP contribution >= 0.6 is 0 Å². The van der Waals surface area contributed by atoms with Gasteiger partial charge in [0.1, 0.15) is 11.2 Å². The van der Waals surface area contributed by atoms with Crippen molar-refractivity contribution in [2.45, 2.75) is 6.54 Å². The van der Waals surface area contributed by atoms with E-state index in [0.29, 0.717) is 10.9 Å². The zero-order chi connectivity index (χ0) is 19.6. The summed E-state index contributed by atoms with van der Waals surface area (Å²) in [5.74, 6) is -1.90. The number of rotatable bonds is 4. The number of aromatic hydroxyl groups is 3. The van der Waals surface area contributed by atoms with E-state index in [1.807, 2.05) is 0 Å². The number of fused-ring (bicyclic) bond motifs is 1. The van der Waals surface area contributed by atoms with Crippen molar-refractivity contribution in [2.24, 2.45) is 0 Å². The van der Waals surface area contributed by atoms with Gasteiger partial charge in [-0.25, -0.2) is 9.78 Å². The highest BCUT2D eigenvalue weighted by molar-refractivity contribution is 5.96. The molecule has 1 heterocycles. The Bertz CT molecular complexity index is 1050. The number of phenols is 3. The molecule has 0 aliphatic carbocycles. The normalized spacial score (nSPS) is 10.5. The summed E-state index contributed by atoms with van der Waals surface area (Å²) in [7, 11) is 0. The van der Waals surface area contributed by atoms with E-state index in [0.717, 1.165) is 0 Å². The molecule has 0 radical (unpaired) electrons. The number of phenolic OH excluding ortho intramolecular Hbond substituents is 3. The van der Waals surface area contributed by atoms with E-state index in [2.05, 4.69) is 15.0 Å². The first-order valence-corrected chi connectivity index (χ1v) is 7.67. The van der Waals surface area contributed by atoms with Gasteiger partial charge in [-0.05, 0) is 35.9 Å². The molecular formula is C18H14N2O7. The van der Waals surface area contributed by atoms with Crippen molar-refractivity contribution in [3.8, 4) is 23.0 Å². The van der Waals surface area contributed by atoms with Gasteiger partial charge in [0.25, 0.3) is 5.91 Å². The summed E-state index contributed by atoms with van der Waals surface area (Å²) in [6, 6.07) is 9.92. The van der Waals surface area contributed by atoms with E-state index in [4.69, 9.17) is 5.11 Å². The predicted octanol–water partition coefficient (Wildman–Crippen LogP) is 2.34. The van der Waals surface area contributed by atoms with Crippen LogP contribution in [0.3, 0.4) is 0 Å². The number of benzene rings is 2. The number of hydrogen-bond acceptors (Lipinski definition) is 7. The molecule has 0 unspecified atom stereocenters. The summed E-state index contributed by atoms with van der Waals surface area (Å²) in [6.45, 7) is 0.0700. The van der Waals surface area contributed by atoms with Gasteiger partial charge in [-0.15, -0.1) is 0 Å². The first-order valence-electron chi connectivity index (χ1n) is 7.67. The highest BCUT2D eigenvalue weighted by Gasteiger charge is 2.15. The molecule has 2 aromatic carbocycles. The summed E-state index contributed by atoms with van der Waals surface area (Å²) in [5.41, 5.74) is 0.566. The average molecular weight is 370 g/mol. The van der Waals surface area contributed by atoms with Gasteiger partial charge in [0.2, 0.25) is 0 Å². The monoisotopic (exact) mass is 370 g/mol. The average Bonchev–Trinajstić information content (AvgIpc) is 2.64. The zero-order valence-corrected chi connectivity index (χ0v) is 13.7. The van der Waals surface area contributed by atoms with Crippen molar-refractivity contribution in [3.63, 3.8) is 0 Å². The lowest BCUT2D eigenvalue weighted by Gasteiger charge is -2.09. The van der Waals surface area contributed by atoms with Gasteiger partial charge >= 0.3 is 6.16 Å². The number of carbonyl (C=O) groups excluding carboxylic acids is 1. The van der Waals surface area contributed by atoms with Crippen LogP contribution in [0.4, 0.5) is 4.79 Å². The van der Waals surface area contributed by atoms with E-state index < -0.39 is 17.8 Å². The molecule has 0 saturated carbocycles. The fourth-order valence-corrected chi connectivity index (χ4v) is 2.41. The molecule has 3 rings (SSSR count). The fourth-order valence-electron chi connectivity index (χ4n) is 2.41. The minimum absolute atomic E-state index is 0.00623. The van der Waals surface area contributed by atoms with Gasteiger partial charge in [-0.1, -0.05) is 12.1 Å². The van der Waals surface area contributed by atoms with E-state index in [1.165, 1.54) is 36.4 Å². The summed E-state index contributed by atoms with van der Waals surface area (Å²) in [4.78, 5) is 27.0. The van der Waals surface area contributed by atoms with Crippen LogP contribution in [0.15, 0.2) is 42.5 Å². The number of nitrogens with zero attached hydrogens (tertiary/aromatic N) is 1. The van der Waals surface area contributed by atoms with Crippen molar-refractivity contribution in [2.75, 3.05) is 0 Å². The van der Waals surface area contributed by atoms with Crippen LogP contribution < -0.4 is 10.1 Å². The van der Waals surface area contributed by atoms with Crippen molar-refractivity contribution >= 4 is 23.0 Å². The Labute approximate surface area is 152 Å². The van der Waals surface area contributed by atoms with Crippen molar-refractivity contribution in [3.05, 3.63) is 53.7 Å². The van der Waals surface area contributed by atoms with Crippen molar-refractivity contribution in [1.29, 1.82) is 0 Å². The van der Waals surface area contributed by atoms with Crippen LogP contribution in [0.2, 0.25) is 0 Å². The van der Waals surface area contributed by atoms with E-state index >= 15 is 0 Å². The second kappa shape index (κ2) is 7.08. The number of carboxylic acid groups (broad SMARTS) is 1. The molecule has 0 fully saturated rings. The maximum atomic E-state index is 12.3. The molecule has 0 spiro atoms. The van der Waals surface area contributed by atoms with Gasteiger partial charge in [0.15, 0.2) is 23.0 Å². The quantitative estimate of drug-likeness (QED) is 0.267. The molecule has 5 N–H and O–H groups in total. The van der Waals surface area contributed by atoms with Crippen LogP contribution in [0.1, 0.15) is 16.1 Å². The molecule has 0 bridgehead atoms. The molecule has 9 nitrogen and oxygen atoms in total. The number of nitrogens with one attached hydrogen (secondary N) is 1. The molecule has 0 atom stereocenters. The molecule has 3 aromatic rings. The summed E-state index contributed by atoms with van der Waals surface area (Å²) in [5, 5.41) is 40.6. The van der Waals surface area contributed by atoms with Gasteiger partial charge in [-0.3, -0.25) is 4.79 Å². The number of pyridine rings is 1. The zero-order valence-electron chi connectivity index (χ0n) is 13.7. The lowest BCUT2D eigenvalue weighted by Crippen LogP contribution is -2.23. The maximum absolute atomic E-state index is 12.3. The van der Waals surface area contributed by atoms with Gasteiger partial charge in [0, 0.05) is 11.9 Å². The topological polar surface area (TPSA) is 149 Å². The van der Waals surface area contributed by atoms with Crippen LogP contribution in [-0.4, -0.2) is 37.5 Å². The summed E-state index contributed by atoms with van der Waals surface area (Å²) < 4.78 is 4.46. The number of hydrogen-bond donors (Lipinski definition) is 5. The number of carbonyl (C=O) groups is 2. The van der Waals surface area contributed by atoms with Crippen LogP contribution in [0, 0.1) is 0 Å². The van der Waals surface area contributed by atoms with Gasteiger partial charge < -0.3 is 30.5 Å². The molecular weight excluding hydrogens is 356 g/mol. The minimum Gasteiger partial charge on any atom is -0.504 e. The smallest absolute Gasteiger partial charge is 0.504 e. The van der Waals surface area contributed by atoms with Crippen LogP contribution in [0.5, 0.6) is 23.0 Å². The number of aromatic nitrogens is 1. The fraction of sp³-hybridized carbons (Fsp3) is 0.0556. The lowest BCUT2D eigenvalue weighted by atomic mass is 10.1. The standard InChI is InChI=1S/C18H14N2O7/c21-12-5-1-9(7-13(12)22)8-19-17(24)11-4-2-10-3-6-14(27-18(25)26)16(23)15(10)20-11/h1-7,21-23H,8H2,(H,19,24)(H,25,26). The van der Waals surface area contributed by atoms with E-state index in [9.17, 15) is 24.9 Å². The first-order chi connectivity index (χ1) is 12.8.